The molecule has 2 N–H and O–H groups in total. The zero-order valence-electron chi connectivity index (χ0n) is 11.2. The Labute approximate surface area is 122 Å². The lowest BCUT2D eigenvalue weighted by molar-refractivity contribution is 0.0733. The van der Waals surface area contributed by atoms with E-state index in [1.54, 1.807) is 0 Å². The molecule has 0 saturated carbocycles. The van der Waals surface area contributed by atoms with E-state index < -0.39 is 22.6 Å². The highest BCUT2D eigenvalue weighted by molar-refractivity contribution is 7.90. The van der Waals surface area contributed by atoms with Gasteiger partial charge in [-0.05, 0) is 18.2 Å². The summed E-state index contributed by atoms with van der Waals surface area (Å²) in [6.45, 7) is 0.789. The van der Waals surface area contributed by atoms with Gasteiger partial charge in [-0.15, -0.1) is 0 Å². The topological polar surface area (TPSA) is 78.9 Å². The molecule has 1 aliphatic heterocycles. The Morgan fingerprint density at radius 1 is 1.38 bits per heavy atom. The number of nitrogens with zero attached hydrogens (tertiary/aromatic N) is 1. The molecule has 1 aromatic carbocycles. The van der Waals surface area contributed by atoms with Crippen molar-refractivity contribution in [1.29, 1.82) is 0 Å². The van der Waals surface area contributed by atoms with Crippen LogP contribution in [0.2, 0.25) is 0 Å². The minimum atomic E-state index is -3.75. The average Bonchev–Trinajstić information content (AvgIpc) is 2.48. The van der Waals surface area contributed by atoms with E-state index in [1.165, 1.54) is 10.4 Å². The first-order chi connectivity index (χ1) is 10.0. The third-order valence-corrected chi connectivity index (χ3v) is 4.36. The number of hydrogen-bond donors (Lipinski definition) is 2. The van der Waals surface area contributed by atoms with Crippen LogP contribution in [0, 0.1) is 17.7 Å². The van der Waals surface area contributed by atoms with Gasteiger partial charge in [-0.1, -0.05) is 11.8 Å². The maximum absolute atomic E-state index is 13.2. The third-order valence-electron chi connectivity index (χ3n) is 2.83. The maximum atomic E-state index is 13.2. The largest absolute Gasteiger partial charge is 0.384 e. The summed E-state index contributed by atoms with van der Waals surface area (Å²) in [5.41, 5.74) is 0.338. The summed E-state index contributed by atoms with van der Waals surface area (Å²) < 4.78 is 46.4. The number of rotatable bonds is 3. The van der Waals surface area contributed by atoms with E-state index in [2.05, 4.69) is 16.6 Å². The van der Waals surface area contributed by atoms with E-state index in [0.717, 1.165) is 12.1 Å². The van der Waals surface area contributed by atoms with Crippen LogP contribution in [-0.4, -0.2) is 50.7 Å². The quantitative estimate of drug-likeness (QED) is 0.779. The molecule has 114 valence electrons. The summed E-state index contributed by atoms with van der Waals surface area (Å²) in [6, 6.07) is 3.55. The SMILES string of the molecule is O=S(=O)(Nc1ccc(F)cc1C#CCO)N1CCOCC1. The second kappa shape index (κ2) is 6.87. The molecule has 1 fully saturated rings. The summed E-state index contributed by atoms with van der Waals surface area (Å²) in [5, 5.41) is 8.70. The van der Waals surface area contributed by atoms with E-state index in [0.29, 0.717) is 13.2 Å². The van der Waals surface area contributed by atoms with E-state index in [4.69, 9.17) is 9.84 Å². The molecule has 8 heteroatoms. The van der Waals surface area contributed by atoms with Crippen molar-refractivity contribution in [3.05, 3.63) is 29.6 Å². The standard InChI is InChI=1S/C13H15FN2O4S/c14-12-3-4-13(11(10-12)2-1-7-17)15-21(18,19)16-5-8-20-9-6-16/h3-4,10,15,17H,5-9H2. The van der Waals surface area contributed by atoms with Gasteiger partial charge in [0.1, 0.15) is 12.4 Å². The summed E-state index contributed by atoms with van der Waals surface area (Å²) in [4.78, 5) is 0. The zero-order chi connectivity index (χ0) is 15.3. The van der Waals surface area contributed by atoms with Gasteiger partial charge in [-0.2, -0.15) is 12.7 Å². The first-order valence-corrected chi connectivity index (χ1v) is 7.72. The van der Waals surface area contributed by atoms with E-state index in [9.17, 15) is 12.8 Å². The molecule has 6 nitrogen and oxygen atoms in total. The van der Waals surface area contributed by atoms with Crippen LogP contribution in [0.25, 0.3) is 0 Å². The van der Waals surface area contributed by atoms with Gasteiger partial charge in [-0.3, -0.25) is 4.72 Å². The molecule has 0 atom stereocenters. The van der Waals surface area contributed by atoms with Crippen molar-refractivity contribution in [1.82, 2.24) is 4.31 Å². The monoisotopic (exact) mass is 314 g/mol. The van der Waals surface area contributed by atoms with Crippen molar-refractivity contribution in [2.24, 2.45) is 0 Å². The molecule has 0 aromatic heterocycles. The lowest BCUT2D eigenvalue weighted by atomic mass is 10.2. The number of anilines is 1. The number of halogens is 1. The third kappa shape index (κ3) is 4.15. The van der Waals surface area contributed by atoms with Gasteiger partial charge >= 0.3 is 10.2 Å². The predicted octanol–water partition coefficient (Wildman–Crippen LogP) is 0.158. The number of ether oxygens (including phenoxy) is 1. The predicted molar refractivity (Wildman–Crippen MR) is 75.3 cm³/mol. The molecule has 0 aliphatic carbocycles. The Bertz CT molecular complexity index is 660. The lowest BCUT2D eigenvalue weighted by Crippen LogP contribution is -2.43. The van der Waals surface area contributed by atoms with Gasteiger partial charge in [0.25, 0.3) is 0 Å². The fourth-order valence-electron chi connectivity index (χ4n) is 1.83. The number of aliphatic hydroxyl groups is 1. The highest BCUT2D eigenvalue weighted by Crippen LogP contribution is 2.19. The first-order valence-electron chi connectivity index (χ1n) is 6.28. The number of morpholine rings is 1. The van der Waals surface area contributed by atoms with Gasteiger partial charge < -0.3 is 9.84 Å². The molecule has 0 radical (unpaired) electrons. The van der Waals surface area contributed by atoms with Crippen LogP contribution < -0.4 is 4.72 Å². The van der Waals surface area contributed by atoms with Crippen molar-refractivity contribution in [2.75, 3.05) is 37.6 Å². The van der Waals surface area contributed by atoms with Gasteiger partial charge in [-0.25, -0.2) is 4.39 Å². The van der Waals surface area contributed by atoms with Crippen molar-refractivity contribution >= 4 is 15.9 Å². The van der Waals surface area contributed by atoms with E-state index in [-0.39, 0.29) is 24.3 Å². The number of nitrogens with one attached hydrogen (secondary N) is 1. The Morgan fingerprint density at radius 2 is 2.10 bits per heavy atom. The lowest BCUT2D eigenvalue weighted by Gasteiger charge is -2.26. The maximum Gasteiger partial charge on any atom is 0.301 e. The summed E-state index contributed by atoms with van der Waals surface area (Å²) in [6.07, 6.45) is 0. The minimum absolute atomic E-state index is 0.167. The molecule has 1 aliphatic rings. The van der Waals surface area contributed by atoms with Crippen molar-refractivity contribution < 1.29 is 22.7 Å². The summed E-state index contributed by atoms with van der Waals surface area (Å²) in [5.74, 6) is 4.35. The number of benzene rings is 1. The Balaban J connectivity index is 2.25. The smallest absolute Gasteiger partial charge is 0.301 e. The van der Waals surface area contributed by atoms with Gasteiger partial charge in [0.15, 0.2) is 0 Å². The fraction of sp³-hybridized carbons (Fsp3) is 0.385. The van der Waals surface area contributed by atoms with E-state index in [1.807, 2.05) is 0 Å². The molecular formula is C13H15FN2O4S. The van der Waals surface area contributed by atoms with Gasteiger partial charge in [0.2, 0.25) is 0 Å². The normalized spacial score (nSPS) is 16.1. The fourth-order valence-corrected chi connectivity index (χ4v) is 3.05. The minimum Gasteiger partial charge on any atom is -0.384 e. The second-order valence-corrected chi connectivity index (χ2v) is 5.94. The number of hydrogen-bond acceptors (Lipinski definition) is 4. The molecule has 2 rings (SSSR count). The molecule has 0 amide bonds. The Kier molecular flexibility index (Phi) is 5.14. The van der Waals surface area contributed by atoms with Crippen molar-refractivity contribution in [3.63, 3.8) is 0 Å². The molecule has 1 heterocycles. The van der Waals surface area contributed by atoms with Gasteiger partial charge in [0, 0.05) is 13.1 Å². The van der Waals surface area contributed by atoms with Gasteiger partial charge in [0.05, 0.1) is 24.5 Å². The summed E-state index contributed by atoms with van der Waals surface area (Å²) in [7, 11) is -3.75. The highest BCUT2D eigenvalue weighted by atomic mass is 32.2. The molecule has 0 spiro atoms. The molecule has 0 bridgehead atoms. The van der Waals surface area contributed by atoms with Crippen LogP contribution in [0.3, 0.4) is 0 Å². The van der Waals surface area contributed by atoms with Crippen molar-refractivity contribution in [3.8, 4) is 11.8 Å². The zero-order valence-corrected chi connectivity index (χ0v) is 12.0. The van der Waals surface area contributed by atoms with E-state index >= 15 is 0 Å². The summed E-state index contributed by atoms with van der Waals surface area (Å²) >= 11 is 0. The molecule has 1 saturated heterocycles. The van der Waals surface area contributed by atoms with Crippen molar-refractivity contribution in [2.45, 2.75) is 0 Å². The number of aliphatic hydroxyl groups excluding tert-OH is 1. The average molecular weight is 314 g/mol. The van der Waals surface area contributed by atoms with Crippen LogP contribution in [-0.2, 0) is 14.9 Å². The first kappa shape index (κ1) is 15.7. The second-order valence-electron chi connectivity index (χ2n) is 4.27. The van der Waals surface area contributed by atoms with Crippen LogP contribution in [0.15, 0.2) is 18.2 Å². The molecular weight excluding hydrogens is 299 g/mol. The molecule has 0 unspecified atom stereocenters. The highest BCUT2D eigenvalue weighted by Gasteiger charge is 2.24. The molecule has 1 aromatic rings. The van der Waals surface area contributed by atoms with Crippen LogP contribution in [0.4, 0.5) is 10.1 Å². The van der Waals surface area contributed by atoms with Crippen LogP contribution in [0.5, 0.6) is 0 Å². The Hall–Kier alpha value is -1.66. The Morgan fingerprint density at radius 3 is 2.76 bits per heavy atom. The van der Waals surface area contributed by atoms with Crippen LogP contribution in [0.1, 0.15) is 5.56 Å². The van der Waals surface area contributed by atoms with Crippen LogP contribution >= 0.6 is 0 Å². The molecule has 21 heavy (non-hydrogen) atoms.